The van der Waals surface area contributed by atoms with E-state index in [0.717, 1.165) is 0 Å². The molecule has 0 heterocycles. The van der Waals surface area contributed by atoms with Crippen LogP contribution in [0.2, 0.25) is 5.02 Å². The number of carbonyl (C=O) groups is 2. The van der Waals surface area contributed by atoms with Gasteiger partial charge in [-0.05, 0) is 36.8 Å². The van der Waals surface area contributed by atoms with E-state index in [9.17, 15) is 14.0 Å². The number of anilines is 2. The predicted molar refractivity (Wildman–Crippen MR) is 106 cm³/mol. The molecule has 0 fully saturated rings. The number of nitrogens with one attached hydrogen (secondary N) is 3. The molecule has 0 aliphatic heterocycles. The largest absolute Gasteiger partial charge is 0.385 e. The Balaban J connectivity index is 2.01. The van der Waals surface area contributed by atoms with Crippen molar-refractivity contribution in [2.45, 2.75) is 6.42 Å². The van der Waals surface area contributed by atoms with Gasteiger partial charge in [0.05, 0.1) is 11.9 Å². The van der Waals surface area contributed by atoms with Crippen LogP contribution < -0.4 is 16.1 Å². The van der Waals surface area contributed by atoms with Crippen molar-refractivity contribution in [3.05, 3.63) is 58.9 Å². The van der Waals surface area contributed by atoms with Gasteiger partial charge >= 0.3 is 11.8 Å². The van der Waals surface area contributed by atoms with Crippen LogP contribution in [0.15, 0.2) is 47.6 Å². The van der Waals surface area contributed by atoms with Gasteiger partial charge in [-0.1, -0.05) is 23.7 Å². The lowest BCUT2D eigenvalue weighted by Crippen LogP contribution is -2.38. The number of rotatable bonds is 8. The Labute approximate surface area is 166 Å². The molecule has 0 atom stereocenters. The summed E-state index contributed by atoms with van der Waals surface area (Å²) < 4.78 is 18.7. The second-order valence-corrected chi connectivity index (χ2v) is 6.07. The fourth-order valence-corrected chi connectivity index (χ4v) is 2.35. The van der Waals surface area contributed by atoms with Crippen LogP contribution in [-0.4, -0.2) is 38.3 Å². The molecule has 2 rings (SSSR count). The predicted octanol–water partition coefficient (Wildman–Crippen LogP) is 2.83. The van der Waals surface area contributed by atoms with Crippen molar-refractivity contribution in [3.8, 4) is 0 Å². The van der Waals surface area contributed by atoms with Crippen molar-refractivity contribution in [2.24, 2.45) is 5.10 Å². The molecule has 0 saturated heterocycles. The number of halogens is 2. The van der Waals surface area contributed by atoms with Crippen LogP contribution in [0.4, 0.5) is 15.8 Å². The quantitative estimate of drug-likeness (QED) is 0.272. The van der Waals surface area contributed by atoms with Gasteiger partial charge in [-0.3, -0.25) is 9.59 Å². The van der Waals surface area contributed by atoms with Crippen LogP contribution in [0.1, 0.15) is 12.0 Å². The van der Waals surface area contributed by atoms with Gasteiger partial charge in [0.1, 0.15) is 5.82 Å². The van der Waals surface area contributed by atoms with E-state index >= 15 is 0 Å². The highest BCUT2D eigenvalue weighted by atomic mass is 35.5. The number of hydrazone groups is 1. The van der Waals surface area contributed by atoms with Gasteiger partial charge in [-0.2, -0.15) is 5.10 Å². The smallest absolute Gasteiger partial charge is 0.329 e. The maximum absolute atomic E-state index is 13.9. The summed E-state index contributed by atoms with van der Waals surface area (Å²) in [4.78, 5) is 23.4. The summed E-state index contributed by atoms with van der Waals surface area (Å²) in [6.07, 6.45) is 1.90. The van der Waals surface area contributed by atoms with E-state index in [-0.39, 0.29) is 5.69 Å². The molecule has 2 aromatic carbocycles. The van der Waals surface area contributed by atoms with Gasteiger partial charge < -0.3 is 15.4 Å². The minimum atomic E-state index is -0.903. The van der Waals surface area contributed by atoms with E-state index in [2.05, 4.69) is 21.2 Å². The zero-order chi connectivity index (χ0) is 20.4. The Morgan fingerprint density at radius 3 is 2.71 bits per heavy atom. The summed E-state index contributed by atoms with van der Waals surface area (Å²) in [5.41, 5.74) is 3.43. The van der Waals surface area contributed by atoms with Crippen molar-refractivity contribution in [2.75, 3.05) is 25.6 Å². The molecule has 0 unspecified atom stereocenters. The molecular formula is C19H20ClFN4O3. The Kier molecular flexibility index (Phi) is 8.38. The van der Waals surface area contributed by atoms with E-state index in [0.29, 0.717) is 35.8 Å². The lowest BCUT2D eigenvalue weighted by atomic mass is 10.2. The highest BCUT2D eigenvalue weighted by molar-refractivity contribution is 6.35. The number of methoxy groups -OCH3 is 1. The third kappa shape index (κ3) is 6.64. The van der Waals surface area contributed by atoms with Crippen LogP contribution in [0, 0.1) is 5.82 Å². The van der Waals surface area contributed by atoms with Crippen molar-refractivity contribution < 1.29 is 18.7 Å². The zero-order valence-electron chi connectivity index (χ0n) is 15.2. The summed E-state index contributed by atoms with van der Waals surface area (Å²) in [6, 6.07) is 11.1. The van der Waals surface area contributed by atoms with Crippen molar-refractivity contribution in [1.29, 1.82) is 0 Å². The first-order valence-corrected chi connectivity index (χ1v) is 8.80. The monoisotopic (exact) mass is 406 g/mol. The maximum Gasteiger partial charge on any atom is 0.329 e. The minimum absolute atomic E-state index is 0.277. The molecule has 9 heteroatoms. The number of nitrogens with zero attached hydrogens (tertiary/aromatic N) is 1. The molecule has 0 aliphatic rings. The highest BCUT2D eigenvalue weighted by Gasteiger charge is 2.11. The first kappa shape index (κ1) is 21.3. The maximum atomic E-state index is 13.9. The van der Waals surface area contributed by atoms with Crippen LogP contribution in [0.3, 0.4) is 0 Å². The second-order valence-electron chi connectivity index (χ2n) is 5.64. The Morgan fingerprint density at radius 1 is 1.18 bits per heavy atom. The molecule has 0 spiro atoms. The van der Waals surface area contributed by atoms with Gasteiger partial charge in [0, 0.05) is 36.5 Å². The highest BCUT2D eigenvalue weighted by Crippen LogP contribution is 2.24. The van der Waals surface area contributed by atoms with Crippen molar-refractivity contribution in [1.82, 2.24) is 10.7 Å². The van der Waals surface area contributed by atoms with E-state index in [1.54, 1.807) is 43.5 Å². The van der Waals surface area contributed by atoms with E-state index < -0.39 is 17.6 Å². The van der Waals surface area contributed by atoms with Gasteiger partial charge in [0.25, 0.3) is 0 Å². The topological polar surface area (TPSA) is 91.8 Å². The Hall–Kier alpha value is -2.97. The minimum Gasteiger partial charge on any atom is -0.385 e. The van der Waals surface area contributed by atoms with Crippen LogP contribution >= 0.6 is 11.6 Å². The van der Waals surface area contributed by atoms with Crippen LogP contribution in [0.25, 0.3) is 0 Å². The lowest BCUT2D eigenvalue weighted by molar-refractivity contribution is -0.139. The third-order valence-electron chi connectivity index (χ3n) is 3.54. The lowest BCUT2D eigenvalue weighted by Gasteiger charge is -2.10. The average Bonchev–Trinajstić information content (AvgIpc) is 2.68. The first-order chi connectivity index (χ1) is 13.5. The van der Waals surface area contributed by atoms with E-state index in [1.807, 2.05) is 0 Å². The summed E-state index contributed by atoms with van der Waals surface area (Å²) in [5.74, 6) is -2.12. The molecule has 2 amide bonds. The Bertz CT molecular complexity index is 861. The number of benzene rings is 2. The molecule has 2 aromatic rings. The fraction of sp³-hybridized carbons (Fsp3) is 0.211. The van der Waals surface area contributed by atoms with E-state index in [4.69, 9.17) is 16.3 Å². The molecular weight excluding hydrogens is 387 g/mol. The molecule has 3 N–H and O–H groups in total. The number of para-hydroxylation sites is 1. The van der Waals surface area contributed by atoms with Crippen LogP contribution in [-0.2, 0) is 14.3 Å². The normalized spacial score (nSPS) is 10.7. The van der Waals surface area contributed by atoms with Gasteiger partial charge in [0.15, 0.2) is 0 Å². The molecule has 0 aliphatic carbocycles. The van der Waals surface area contributed by atoms with Crippen LogP contribution in [0.5, 0.6) is 0 Å². The summed E-state index contributed by atoms with van der Waals surface area (Å²) >= 11 is 6.00. The number of hydrogen-bond donors (Lipinski definition) is 3. The average molecular weight is 407 g/mol. The summed E-state index contributed by atoms with van der Waals surface area (Å²) in [6.45, 7) is 0.793. The molecule has 7 nitrogen and oxygen atoms in total. The van der Waals surface area contributed by atoms with Gasteiger partial charge in [-0.25, -0.2) is 9.82 Å². The number of amides is 2. The van der Waals surface area contributed by atoms with Gasteiger partial charge in [0.2, 0.25) is 0 Å². The fourth-order valence-electron chi connectivity index (χ4n) is 2.17. The summed E-state index contributed by atoms with van der Waals surface area (Å²) in [5, 5.41) is 9.59. The molecule has 0 saturated carbocycles. The third-order valence-corrected chi connectivity index (χ3v) is 3.78. The molecule has 0 bridgehead atoms. The number of hydrogen-bond acceptors (Lipinski definition) is 5. The SMILES string of the molecule is COCCCNC(=O)C(=O)N/N=C\c1cc(Cl)ccc1Nc1ccccc1F. The second kappa shape index (κ2) is 11.0. The van der Waals surface area contributed by atoms with Crippen molar-refractivity contribution in [3.63, 3.8) is 0 Å². The standard InChI is InChI=1S/C19H20ClFN4O3/c1-28-10-4-9-22-18(26)19(27)25-23-12-13-11-14(20)7-8-16(13)24-17-6-3-2-5-15(17)21/h2-3,5-8,11-12,24H,4,9-10H2,1H3,(H,22,26)(H,25,27)/b23-12-. The van der Waals surface area contributed by atoms with E-state index in [1.165, 1.54) is 12.3 Å². The number of carbonyl (C=O) groups excluding carboxylic acids is 2. The molecule has 28 heavy (non-hydrogen) atoms. The number of ether oxygens (including phenoxy) is 1. The van der Waals surface area contributed by atoms with Crippen molar-refractivity contribution >= 4 is 41.0 Å². The summed E-state index contributed by atoms with van der Waals surface area (Å²) in [7, 11) is 1.55. The Morgan fingerprint density at radius 2 is 1.96 bits per heavy atom. The van der Waals surface area contributed by atoms with Gasteiger partial charge in [-0.15, -0.1) is 0 Å². The molecule has 0 radical (unpaired) electrons. The zero-order valence-corrected chi connectivity index (χ0v) is 15.9. The molecule has 0 aromatic heterocycles. The molecule has 148 valence electrons. The first-order valence-electron chi connectivity index (χ1n) is 8.42.